The van der Waals surface area contributed by atoms with E-state index in [9.17, 15) is 4.79 Å². The fourth-order valence-corrected chi connectivity index (χ4v) is 3.60. The molecule has 0 saturated carbocycles. The highest BCUT2D eigenvalue weighted by Gasteiger charge is 2.24. The molecule has 146 valence electrons. The molecular weight excluding hydrogens is 346 g/mol. The molecule has 1 fully saturated rings. The first-order valence-corrected chi connectivity index (χ1v) is 9.15. The Balaban J connectivity index is 1.72. The van der Waals surface area contributed by atoms with Crippen molar-refractivity contribution in [3.8, 4) is 11.5 Å². The lowest BCUT2D eigenvalue weighted by molar-refractivity contribution is 0.178. The van der Waals surface area contributed by atoms with Crippen molar-refractivity contribution in [3.05, 3.63) is 51.7 Å². The van der Waals surface area contributed by atoms with Crippen LogP contribution in [0.5, 0.6) is 11.5 Å². The third-order valence-electron chi connectivity index (χ3n) is 4.85. The zero-order valence-corrected chi connectivity index (χ0v) is 16.2. The summed E-state index contributed by atoms with van der Waals surface area (Å²) in [6, 6.07) is 7.51. The monoisotopic (exact) mass is 373 g/mol. The number of methoxy groups -OCH3 is 3. The average Bonchev–Trinajstić information content (AvgIpc) is 2.68. The number of rotatable bonds is 7. The van der Waals surface area contributed by atoms with Gasteiger partial charge in [0.25, 0.3) is 5.56 Å². The molecule has 0 amide bonds. The van der Waals surface area contributed by atoms with Crippen LogP contribution in [0.15, 0.2) is 29.1 Å². The Kier molecular flexibility index (Phi) is 6.47. The lowest BCUT2D eigenvalue weighted by atomic mass is 9.96. The minimum atomic E-state index is -0.121. The summed E-state index contributed by atoms with van der Waals surface area (Å²) in [4.78, 5) is 21.8. The number of likely N-dealkylation sites (tertiary alicyclic amines) is 1. The molecule has 1 saturated heterocycles. The van der Waals surface area contributed by atoms with Gasteiger partial charge in [0.15, 0.2) is 11.5 Å². The molecule has 1 aliphatic rings. The Bertz CT molecular complexity index is 821. The van der Waals surface area contributed by atoms with Crippen LogP contribution in [-0.2, 0) is 17.9 Å². The highest BCUT2D eigenvalue weighted by atomic mass is 16.5. The van der Waals surface area contributed by atoms with Crippen molar-refractivity contribution in [2.24, 2.45) is 0 Å². The number of nitrogens with zero attached hydrogens (tertiary/aromatic N) is 2. The van der Waals surface area contributed by atoms with E-state index in [1.165, 1.54) is 11.6 Å². The lowest BCUT2D eigenvalue weighted by Gasteiger charge is -2.32. The fraction of sp³-hybridized carbons (Fsp3) is 0.500. The minimum absolute atomic E-state index is 0.121. The molecule has 2 aromatic rings. The van der Waals surface area contributed by atoms with E-state index in [-0.39, 0.29) is 11.5 Å². The molecule has 0 radical (unpaired) electrons. The zero-order valence-electron chi connectivity index (χ0n) is 16.2. The molecule has 1 N–H and O–H groups in total. The summed E-state index contributed by atoms with van der Waals surface area (Å²) in [6.45, 7) is 3.04. The summed E-state index contributed by atoms with van der Waals surface area (Å²) >= 11 is 0. The molecule has 0 aliphatic carbocycles. The van der Waals surface area contributed by atoms with E-state index in [1.807, 2.05) is 12.1 Å². The molecule has 1 aromatic heterocycles. The maximum atomic E-state index is 11.9. The first-order valence-electron chi connectivity index (χ1n) is 9.15. The number of aromatic amines is 1. The number of aromatic nitrogens is 2. The summed E-state index contributed by atoms with van der Waals surface area (Å²) in [7, 11) is 4.89. The van der Waals surface area contributed by atoms with E-state index in [0.717, 1.165) is 49.8 Å². The van der Waals surface area contributed by atoms with Gasteiger partial charge in [-0.3, -0.25) is 9.69 Å². The summed E-state index contributed by atoms with van der Waals surface area (Å²) in [5.41, 5.74) is 1.72. The van der Waals surface area contributed by atoms with Gasteiger partial charge in [-0.15, -0.1) is 0 Å². The zero-order chi connectivity index (χ0) is 19.2. The standard InChI is InChI=1S/C20H27N3O4/c1-25-13-16-10-19(24)22-20(21-16)15-5-4-8-23(12-15)11-14-6-7-17(26-2)18(9-14)27-3/h6-7,9-10,15H,4-5,8,11-13H2,1-3H3,(H,21,22,24)/t15-/m0/s1. The summed E-state index contributed by atoms with van der Waals surface area (Å²) in [6.07, 6.45) is 2.08. The van der Waals surface area contributed by atoms with Crippen LogP contribution in [0.4, 0.5) is 0 Å². The molecular formula is C20H27N3O4. The van der Waals surface area contributed by atoms with Crippen molar-refractivity contribution in [1.82, 2.24) is 14.9 Å². The average molecular weight is 373 g/mol. The van der Waals surface area contributed by atoms with Gasteiger partial charge < -0.3 is 19.2 Å². The van der Waals surface area contributed by atoms with E-state index < -0.39 is 0 Å². The van der Waals surface area contributed by atoms with Crippen molar-refractivity contribution < 1.29 is 14.2 Å². The predicted molar refractivity (Wildman–Crippen MR) is 102 cm³/mol. The number of hydrogen-bond donors (Lipinski definition) is 1. The third kappa shape index (κ3) is 4.87. The summed E-state index contributed by atoms with van der Waals surface area (Å²) in [5.74, 6) is 2.44. The molecule has 7 heteroatoms. The molecule has 1 atom stereocenters. The van der Waals surface area contributed by atoms with Crippen LogP contribution < -0.4 is 15.0 Å². The summed E-state index contributed by atoms with van der Waals surface area (Å²) in [5, 5.41) is 0. The van der Waals surface area contributed by atoms with Gasteiger partial charge in [0.2, 0.25) is 0 Å². The van der Waals surface area contributed by atoms with E-state index in [1.54, 1.807) is 21.3 Å². The van der Waals surface area contributed by atoms with Crippen molar-refractivity contribution >= 4 is 0 Å². The molecule has 2 heterocycles. The van der Waals surface area contributed by atoms with Crippen molar-refractivity contribution in [3.63, 3.8) is 0 Å². The Morgan fingerprint density at radius 2 is 2.00 bits per heavy atom. The van der Waals surface area contributed by atoms with Crippen LogP contribution in [0.25, 0.3) is 0 Å². The molecule has 0 spiro atoms. The van der Waals surface area contributed by atoms with E-state index in [2.05, 4.69) is 20.9 Å². The van der Waals surface area contributed by atoms with Gasteiger partial charge in [0, 0.05) is 32.2 Å². The summed E-state index contributed by atoms with van der Waals surface area (Å²) < 4.78 is 15.8. The second kappa shape index (κ2) is 9.01. The Labute approximate surface area is 159 Å². The van der Waals surface area contributed by atoms with Crippen molar-refractivity contribution in [2.45, 2.75) is 31.9 Å². The molecule has 0 bridgehead atoms. The maximum Gasteiger partial charge on any atom is 0.251 e. The molecule has 27 heavy (non-hydrogen) atoms. The largest absolute Gasteiger partial charge is 0.493 e. The highest BCUT2D eigenvalue weighted by Crippen LogP contribution is 2.30. The second-order valence-electron chi connectivity index (χ2n) is 6.82. The Hall–Kier alpha value is -2.38. The van der Waals surface area contributed by atoms with Crippen LogP contribution in [0.1, 0.15) is 35.8 Å². The molecule has 3 rings (SSSR count). The van der Waals surface area contributed by atoms with Gasteiger partial charge in [-0.25, -0.2) is 4.98 Å². The van der Waals surface area contributed by atoms with Gasteiger partial charge >= 0.3 is 0 Å². The van der Waals surface area contributed by atoms with Crippen LogP contribution in [0.3, 0.4) is 0 Å². The van der Waals surface area contributed by atoms with Gasteiger partial charge in [0.05, 0.1) is 26.5 Å². The fourth-order valence-electron chi connectivity index (χ4n) is 3.60. The quantitative estimate of drug-likeness (QED) is 0.803. The smallest absolute Gasteiger partial charge is 0.251 e. The molecule has 7 nitrogen and oxygen atoms in total. The minimum Gasteiger partial charge on any atom is -0.493 e. The number of ether oxygens (including phenoxy) is 3. The first kappa shape index (κ1) is 19.4. The topological polar surface area (TPSA) is 76.7 Å². The van der Waals surface area contributed by atoms with Crippen LogP contribution in [0.2, 0.25) is 0 Å². The number of benzene rings is 1. The first-order chi connectivity index (χ1) is 13.1. The van der Waals surface area contributed by atoms with Crippen molar-refractivity contribution in [1.29, 1.82) is 0 Å². The number of piperidine rings is 1. The van der Waals surface area contributed by atoms with Gasteiger partial charge in [-0.05, 0) is 37.1 Å². The molecule has 0 unspecified atom stereocenters. The maximum absolute atomic E-state index is 11.9. The Morgan fingerprint density at radius 3 is 2.74 bits per heavy atom. The lowest BCUT2D eigenvalue weighted by Crippen LogP contribution is -2.35. The Morgan fingerprint density at radius 1 is 1.19 bits per heavy atom. The van der Waals surface area contributed by atoms with Crippen LogP contribution >= 0.6 is 0 Å². The second-order valence-corrected chi connectivity index (χ2v) is 6.82. The van der Waals surface area contributed by atoms with E-state index in [4.69, 9.17) is 14.2 Å². The number of nitrogens with one attached hydrogen (secondary N) is 1. The third-order valence-corrected chi connectivity index (χ3v) is 4.85. The van der Waals surface area contributed by atoms with Crippen LogP contribution in [-0.4, -0.2) is 49.3 Å². The normalized spacial score (nSPS) is 17.7. The SMILES string of the molecule is COCc1cc(=O)[nH]c([C@H]2CCCN(Cc3ccc(OC)c(OC)c3)C2)n1. The van der Waals surface area contributed by atoms with Gasteiger partial charge in [0.1, 0.15) is 5.82 Å². The molecule has 1 aliphatic heterocycles. The number of hydrogen-bond acceptors (Lipinski definition) is 6. The van der Waals surface area contributed by atoms with Gasteiger partial charge in [-0.2, -0.15) is 0 Å². The van der Waals surface area contributed by atoms with Gasteiger partial charge in [-0.1, -0.05) is 6.07 Å². The van der Waals surface area contributed by atoms with Crippen LogP contribution in [0, 0.1) is 0 Å². The van der Waals surface area contributed by atoms with E-state index >= 15 is 0 Å². The predicted octanol–water partition coefficient (Wildman–Crippen LogP) is 2.31. The van der Waals surface area contributed by atoms with E-state index in [0.29, 0.717) is 12.3 Å². The van der Waals surface area contributed by atoms with Crippen molar-refractivity contribution in [2.75, 3.05) is 34.4 Å². The number of H-pyrrole nitrogens is 1. The molecule has 1 aromatic carbocycles. The highest BCUT2D eigenvalue weighted by molar-refractivity contribution is 5.42.